The number of nitro groups is 1. The maximum atomic E-state index is 11.2. The van der Waals surface area contributed by atoms with E-state index in [1.165, 1.54) is 6.07 Å². The molecule has 0 aromatic heterocycles. The summed E-state index contributed by atoms with van der Waals surface area (Å²) < 4.78 is 12.0. The van der Waals surface area contributed by atoms with E-state index in [0.29, 0.717) is 18.7 Å². The average Bonchev–Trinajstić information content (AvgIpc) is 2.30. The Morgan fingerprint density at radius 3 is 2.78 bits per heavy atom. The van der Waals surface area contributed by atoms with Crippen LogP contribution in [-0.2, 0) is 10.8 Å². The van der Waals surface area contributed by atoms with E-state index in [1.54, 1.807) is 12.3 Å². The Hall–Kier alpha value is -0.700. The number of halogens is 1. The highest BCUT2D eigenvalue weighted by Gasteiger charge is 2.14. The summed E-state index contributed by atoms with van der Waals surface area (Å²) in [5.74, 6) is 0. The van der Waals surface area contributed by atoms with Crippen molar-refractivity contribution in [1.29, 1.82) is 0 Å². The van der Waals surface area contributed by atoms with Crippen molar-refractivity contribution >= 4 is 44.8 Å². The molecule has 0 saturated heterocycles. The SMILES string of the molecule is CC(CCNc1ccc(I)cc1[N+](=O)[O-])S(C)=O. The van der Waals surface area contributed by atoms with Crippen molar-refractivity contribution in [3.8, 4) is 0 Å². The summed E-state index contributed by atoms with van der Waals surface area (Å²) in [6.45, 7) is 2.47. The number of nitrogens with zero attached hydrogens (tertiary/aromatic N) is 1. The van der Waals surface area contributed by atoms with Crippen LogP contribution in [0.1, 0.15) is 13.3 Å². The summed E-state index contributed by atoms with van der Waals surface area (Å²) in [7, 11) is -0.861. The number of nitro benzene ring substituents is 1. The maximum Gasteiger partial charge on any atom is 0.293 e. The second-order valence-electron chi connectivity index (χ2n) is 3.94. The number of anilines is 1. The molecule has 0 aliphatic rings. The Labute approximate surface area is 122 Å². The van der Waals surface area contributed by atoms with E-state index < -0.39 is 15.7 Å². The molecule has 1 aromatic carbocycles. The highest BCUT2D eigenvalue weighted by Crippen LogP contribution is 2.26. The third kappa shape index (κ3) is 4.52. The largest absolute Gasteiger partial charge is 0.379 e. The standard InChI is InChI=1S/C11H15IN2O3S/c1-8(18(2)17)5-6-13-10-4-3-9(12)7-11(10)14(15)16/h3-4,7-8,13H,5-6H2,1-2H3. The van der Waals surface area contributed by atoms with Gasteiger partial charge in [0.1, 0.15) is 5.69 Å². The van der Waals surface area contributed by atoms with Crippen LogP contribution in [0.2, 0.25) is 0 Å². The first-order chi connectivity index (χ1) is 8.41. The molecule has 5 nitrogen and oxygen atoms in total. The second kappa shape index (κ2) is 7.03. The van der Waals surface area contributed by atoms with Gasteiger partial charge in [0.25, 0.3) is 5.69 Å². The van der Waals surface area contributed by atoms with Gasteiger partial charge in [-0.3, -0.25) is 14.3 Å². The average molecular weight is 382 g/mol. The van der Waals surface area contributed by atoms with E-state index in [4.69, 9.17) is 0 Å². The van der Waals surface area contributed by atoms with Crippen molar-refractivity contribution in [3.05, 3.63) is 31.9 Å². The normalized spacial score (nSPS) is 13.9. The van der Waals surface area contributed by atoms with Crippen LogP contribution in [0.4, 0.5) is 11.4 Å². The first-order valence-electron chi connectivity index (χ1n) is 5.42. The minimum Gasteiger partial charge on any atom is -0.379 e. The molecular weight excluding hydrogens is 367 g/mol. The fourth-order valence-electron chi connectivity index (χ4n) is 1.38. The van der Waals surface area contributed by atoms with Crippen molar-refractivity contribution in [1.82, 2.24) is 0 Å². The van der Waals surface area contributed by atoms with Crippen molar-refractivity contribution in [2.24, 2.45) is 0 Å². The number of benzene rings is 1. The number of rotatable bonds is 6. The zero-order valence-electron chi connectivity index (χ0n) is 10.2. The first-order valence-corrected chi connectivity index (χ1v) is 8.12. The number of hydrogen-bond acceptors (Lipinski definition) is 4. The molecule has 0 radical (unpaired) electrons. The molecule has 7 heteroatoms. The molecule has 0 spiro atoms. The molecule has 0 aliphatic heterocycles. The third-order valence-corrected chi connectivity index (χ3v) is 4.63. The lowest BCUT2D eigenvalue weighted by atomic mass is 10.2. The molecule has 2 atom stereocenters. The Balaban J connectivity index is 2.67. The first kappa shape index (κ1) is 15.4. The highest BCUT2D eigenvalue weighted by molar-refractivity contribution is 14.1. The van der Waals surface area contributed by atoms with Crippen LogP contribution in [0.15, 0.2) is 18.2 Å². The van der Waals surface area contributed by atoms with Crippen LogP contribution >= 0.6 is 22.6 Å². The monoisotopic (exact) mass is 382 g/mol. The van der Waals surface area contributed by atoms with Crippen molar-refractivity contribution in [3.63, 3.8) is 0 Å². The van der Waals surface area contributed by atoms with Crippen LogP contribution in [0.25, 0.3) is 0 Å². The third-order valence-electron chi connectivity index (χ3n) is 2.59. The van der Waals surface area contributed by atoms with E-state index in [-0.39, 0.29) is 10.9 Å². The van der Waals surface area contributed by atoms with Gasteiger partial charge in [-0.1, -0.05) is 6.92 Å². The Kier molecular flexibility index (Phi) is 6.00. The maximum absolute atomic E-state index is 11.2. The fourth-order valence-corrected chi connectivity index (χ4v) is 2.31. The predicted octanol–water partition coefficient (Wildman–Crippen LogP) is 2.77. The molecule has 18 heavy (non-hydrogen) atoms. The molecular formula is C11H15IN2O3S. The smallest absolute Gasteiger partial charge is 0.293 e. The van der Waals surface area contributed by atoms with Gasteiger partial charge in [0.2, 0.25) is 0 Å². The van der Waals surface area contributed by atoms with Crippen LogP contribution in [0.3, 0.4) is 0 Å². The van der Waals surface area contributed by atoms with E-state index in [2.05, 4.69) is 5.32 Å². The van der Waals surface area contributed by atoms with E-state index in [9.17, 15) is 14.3 Å². The number of hydrogen-bond donors (Lipinski definition) is 1. The van der Waals surface area contributed by atoms with E-state index in [0.717, 1.165) is 3.57 Å². The summed E-state index contributed by atoms with van der Waals surface area (Å²) in [6, 6.07) is 5.05. The van der Waals surface area contributed by atoms with Gasteiger partial charge in [0.15, 0.2) is 0 Å². The molecule has 0 fully saturated rings. The Bertz CT molecular complexity index is 468. The van der Waals surface area contributed by atoms with Crippen LogP contribution in [-0.4, -0.2) is 27.2 Å². The molecule has 100 valence electrons. The molecule has 0 heterocycles. The van der Waals surface area contributed by atoms with Gasteiger partial charge >= 0.3 is 0 Å². The molecule has 0 amide bonds. The lowest BCUT2D eigenvalue weighted by Gasteiger charge is -2.10. The van der Waals surface area contributed by atoms with Crippen molar-refractivity contribution in [2.45, 2.75) is 18.6 Å². The minimum absolute atomic E-state index is 0.0761. The van der Waals surface area contributed by atoms with Crippen LogP contribution in [0, 0.1) is 13.7 Å². The summed E-state index contributed by atoms with van der Waals surface area (Å²) in [5.41, 5.74) is 0.585. The van der Waals surface area contributed by atoms with Gasteiger partial charge in [-0.05, 0) is 41.1 Å². The topological polar surface area (TPSA) is 72.2 Å². The van der Waals surface area contributed by atoms with Gasteiger partial charge in [-0.25, -0.2) is 0 Å². The molecule has 0 aliphatic carbocycles. The fraction of sp³-hybridized carbons (Fsp3) is 0.455. The highest BCUT2D eigenvalue weighted by atomic mass is 127. The van der Waals surface area contributed by atoms with Gasteiger partial charge in [-0.15, -0.1) is 0 Å². The van der Waals surface area contributed by atoms with Gasteiger partial charge < -0.3 is 5.32 Å². The van der Waals surface area contributed by atoms with Gasteiger partial charge in [0, 0.05) is 38.5 Å². The number of nitrogens with one attached hydrogen (secondary N) is 1. The Morgan fingerprint density at radius 1 is 1.56 bits per heavy atom. The summed E-state index contributed by atoms with van der Waals surface area (Å²) in [5, 5.41) is 14.0. The van der Waals surface area contributed by atoms with Gasteiger partial charge in [0.05, 0.1) is 4.92 Å². The molecule has 0 bridgehead atoms. The second-order valence-corrected chi connectivity index (χ2v) is 6.99. The lowest BCUT2D eigenvalue weighted by Crippen LogP contribution is -2.15. The minimum atomic E-state index is -0.861. The Morgan fingerprint density at radius 2 is 2.22 bits per heavy atom. The molecule has 1 rings (SSSR count). The van der Waals surface area contributed by atoms with Crippen molar-refractivity contribution in [2.75, 3.05) is 18.1 Å². The van der Waals surface area contributed by atoms with Gasteiger partial charge in [-0.2, -0.15) is 0 Å². The molecule has 0 saturated carbocycles. The zero-order chi connectivity index (χ0) is 13.7. The van der Waals surface area contributed by atoms with E-state index >= 15 is 0 Å². The summed E-state index contributed by atoms with van der Waals surface area (Å²) in [4.78, 5) is 10.5. The van der Waals surface area contributed by atoms with E-state index in [1.807, 2.05) is 35.6 Å². The van der Waals surface area contributed by atoms with Crippen LogP contribution in [0.5, 0.6) is 0 Å². The molecule has 2 unspecified atom stereocenters. The summed E-state index contributed by atoms with van der Waals surface area (Å²) in [6.07, 6.45) is 2.38. The lowest BCUT2D eigenvalue weighted by molar-refractivity contribution is -0.384. The quantitative estimate of drug-likeness (QED) is 0.467. The predicted molar refractivity (Wildman–Crippen MR) is 82.4 cm³/mol. The molecule has 1 aromatic rings. The summed E-state index contributed by atoms with van der Waals surface area (Å²) >= 11 is 2.04. The van der Waals surface area contributed by atoms with Crippen molar-refractivity contribution < 1.29 is 9.13 Å². The zero-order valence-corrected chi connectivity index (χ0v) is 13.2. The van der Waals surface area contributed by atoms with Crippen LogP contribution < -0.4 is 5.32 Å². The molecule has 1 N–H and O–H groups in total.